The number of carbonyl (C=O) groups is 1. The van der Waals surface area contributed by atoms with Gasteiger partial charge >= 0.3 is 0 Å². The van der Waals surface area contributed by atoms with Crippen molar-refractivity contribution in [2.75, 3.05) is 12.4 Å². The first kappa shape index (κ1) is 16.7. The van der Waals surface area contributed by atoms with Crippen molar-refractivity contribution in [2.24, 2.45) is 0 Å². The van der Waals surface area contributed by atoms with Crippen molar-refractivity contribution in [1.29, 1.82) is 0 Å². The second-order valence-corrected chi connectivity index (χ2v) is 5.30. The quantitative estimate of drug-likeness (QED) is 0.667. The summed E-state index contributed by atoms with van der Waals surface area (Å²) in [4.78, 5) is 11.9. The van der Waals surface area contributed by atoms with Gasteiger partial charge in [0.15, 0.2) is 5.11 Å². The van der Waals surface area contributed by atoms with Crippen molar-refractivity contribution in [3.05, 3.63) is 65.7 Å². The summed E-state index contributed by atoms with van der Waals surface area (Å²) in [7, 11) is 1.58. The van der Waals surface area contributed by atoms with Gasteiger partial charge in [0.1, 0.15) is 5.75 Å². The number of rotatable bonds is 4. The molecule has 0 aliphatic carbocycles. The van der Waals surface area contributed by atoms with Crippen LogP contribution in [0.5, 0.6) is 5.75 Å². The van der Waals surface area contributed by atoms with Gasteiger partial charge in [0.2, 0.25) is 5.91 Å². The summed E-state index contributed by atoms with van der Waals surface area (Å²) >= 11 is 5.16. The molecule has 1 amide bonds. The van der Waals surface area contributed by atoms with Crippen molar-refractivity contribution in [3.63, 3.8) is 0 Å². The van der Waals surface area contributed by atoms with E-state index in [2.05, 4.69) is 10.6 Å². The zero-order valence-corrected chi connectivity index (χ0v) is 13.8. The highest BCUT2D eigenvalue weighted by Crippen LogP contribution is 2.24. The third-order valence-corrected chi connectivity index (χ3v) is 3.27. The van der Waals surface area contributed by atoms with Crippen molar-refractivity contribution in [2.45, 2.75) is 6.92 Å². The lowest BCUT2D eigenvalue weighted by Gasteiger charge is -2.12. The van der Waals surface area contributed by atoms with Crippen LogP contribution in [0.3, 0.4) is 0 Å². The highest BCUT2D eigenvalue weighted by molar-refractivity contribution is 7.80. The molecule has 2 N–H and O–H groups in total. The number of hydrogen-bond donors (Lipinski definition) is 2. The standard InChI is InChI=1S/C18H18N2O2S/c1-13-8-10-16(22-2)15(12-13)19-18(23)20-17(21)11-9-14-6-4-3-5-7-14/h3-12H,1-2H3,(H2,19,20,21,23)/b11-9-. The molecular weight excluding hydrogens is 308 g/mol. The van der Waals surface area contributed by atoms with Gasteiger partial charge in [-0.1, -0.05) is 36.4 Å². The number of carbonyl (C=O) groups excluding carboxylic acids is 1. The Hall–Kier alpha value is -2.66. The molecule has 0 aliphatic rings. The number of nitrogens with one attached hydrogen (secondary N) is 2. The molecular formula is C18H18N2O2S. The van der Waals surface area contributed by atoms with Crippen LogP contribution in [0.2, 0.25) is 0 Å². The Morgan fingerprint density at radius 3 is 2.61 bits per heavy atom. The van der Waals surface area contributed by atoms with Gasteiger partial charge in [-0.2, -0.15) is 0 Å². The average molecular weight is 326 g/mol. The Labute approximate surface area is 141 Å². The predicted molar refractivity (Wildman–Crippen MR) is 97.6 cm³/mol. The molecule has 0 aromatic heterocycles. The Morgan fingerprint density at radius 2 is 1.91 bits per heavy atom. The maximum atomic E-state index is 11.9. The lowest BCUT2D eigenvalue weighted by atomic mass is 10.2. The second-order valence-electron chi connectivity index (χ2n) is 4.89. The van der Waals surface area contributed by atoms with Gasteiger partial charge in [-0.05, 0) is 48.5 Å². The Bertz CT molecular complexity index is 727. The number of benzene rings is 2. The third-order valence-electron chi connectivity index (χ3n) is 3.07. The van der Waals surface area contributed by atoms with Crippen molar-refractivity contribution < 1.29 is 9.53 Å². The minimum Gasteiger partial charge on any atom is -0.495 e. The molecule has 5 heteroatoms. The molecule has 0 saturated carbocycles. The van der Waals surface area contributed by atoms with Crippen molar-refractivity contribution in [3.8, 4) is 5.75 Å². The average Bonchev–Trinajstić information content (AvgIpc) is 2.54. The Balaban J connectivity index is 1.96. The molecule has 2 aromatic rings. The lowest BCUT2D eigenvalue weighted by molar-refractivity contribution is -0.115. The van der Waals surface area contributed by atoms with E-state index >= 15 is 0 Å². The molecule has 0 saturated heterocycles. The van der Waals surface area contributed by atoms with Crippen LogP contribution in [-0.2, 0) is 4.79 Å². The number of thiocarbonyl (C=S) groups is 1. The van der Waals surface area contributed by atoms with Gasteiger partial charge < -0.3 is 10.1 Å². The van der Waals surface area contributed by atoms with Crippen LogP contribution in [0, 0.1) is 6.92 Å². The van der Waals surface area contributed by atoms with Crippen LogP contribution < -0.4 is 15.4 Å². The fourth-order valence-electron chi connectivity index (χ4n) is 1.96. The van der Waals surface area contributed by atoms with Gasteiger partial charge in [0.25, 0.3) is 0 Å². The maximum Gasteiger partial charge on any atom is 0.250 e. The van der Waals surface area contributed by atoms with Crippen LogP contribution >= 0.6 is 12.2 Å². The lowest BCUT2D eigenvalue weighted by Crippen LogP contribution is -2.32. The SMILES string of the molecule is COc1ccc(C)cc1NC(=S)NC(=O)/C=C\c1ccccc1. The topological polar surface area (TPSA) is 50.4 Å². The van der Waals surface area contributed by atoms with Gasteiger partial charge in [-0.15, -0.1) is 0 Å². The molecule has 2 aromatic carbocycles. The van der Waals surface area contributed by atoms with E-state index in [1.54, 1.807) is 13.2 Å². The summed E-state index contributed by atoms with van der Waals surface area (Å²) in [5.74, 6) is 0.366. The number of amides is 1. The minimum atomic E-state index is -0.294. The molecule has 0 bridgehead atoms. The summed E-state index contributed by atoms with van der Waals surface area (Å²) in [5.41, 5.74) is 2.72. The molecule has 0 heterocycles. The molecule has 0 unspecified atom stereocenters. The fourth-order valence-corrected chi connectivity index (χ4v) is 2.17. The van der Waals surface area contributed by atoms with E-state index in [4.69, 9.17) is 17.0 Å². The molecule has 0 fully saturated rings. The minimum absolute atomic E-state index is 0.219. The Kier molecular flexibility index (Phi) is 5.88. The molecule has 118 valence electrons. The number of methoxy groups -OCH3 is 1. The van der Waals surface area contributed by atoms with Gasteiger partial charge in [-0.25, -0.2) is 0 Å². The molecule has 0 aliphatic heterocycles. The van der Waals surface area contributed by atoms with E-state index in [9.17, 15) is 4.79 Å². The molecule has 2 rings (SSSR count). The van der Waals surface area contributed by atoms with E-state index in [0.717, 1.165) is 11.1 Å². The van der Waals surface area contributed by atoms with E-state index in [1.807, 2.05) is 55.5 Å². The molecule has 0 atom stereocenters. The van der Waals surface area contributed by atoms with Crippen LogP contribution in [0.15, 0.2) is 54.6 Å². The monoisotopic (exact) mass is 326 g/mol. The van der Waals surface area contributed by atoms with Gasteiger partial charge in [0.05, 0.1) is 12.8 Å². The van der Waals surface area contributed by atoms with Crippen LogP contribution in [0.1, 0.15) is 11.1 Å². The number of hydrogen-bond acceptors (Lipinski definition) is 3. The summed E-state index contributed by atoms with van der Waals surface area (Å²) in [6.07, 6.45) is 3.17. The highest BCUT2D eigenvalue weighted by atomic mass is 32.1. The second kappa shape index (κ2) is 8.10. The molecule has 4 nitrogen and oxygen atoms in total. The van der Waals surface area contributed by atoms with Crippen molar-refractivity contribution in [1.82, 2.24) is 5.32 Å². The number of ether oxygens (including phenoxy) is 1. The van der Waals surface area contributed by atoms with E-state index < -0.39 is 0 Å². The van der Waals surface area contributed by atoms with Gasteiger partial charge in [0, 0.05) is 6.08 Å². The zero-order valence-electron chi connectivity index (χ0n) is 13.0. The molecule has 23 heavy (non-hydrogen) atoms. The summed E-state index contributed by atoms with van der Waals surface area (Å²) < 4.78 is 5.26. The summed E-state index contributed by atoms with van der Waals surface area (Å²) in [6, 6.07) is 15.3. The largest absolute Gasteiger partial charge is 0.495 e. The first-order valence-corrected chi connectivity index (χ1v) is 7.49. The summed E-state index contributed by atoms with van der Waals surface area (Å²) in [5, 5.41) is 5.80. The van der Waals surface area contributed by atoms with Crippen LogP contribution in [-0.4, -0.2) is 18.1 Å². The first-order chi connectivity index (χ1) is 11.1. The Morgan fingerprint density at radius 1 is 1.17 bits per heavy atom. The van der Waals surface area contributed by atoms with Crippen LogP contribution in [0.4, 0.5) is 5.69 Å². The molecule has 0 radical (unpaired) electrons. The zero-order chi connectivity index (χ0) is 16.7. The normalized spacial score (nSPS) is 10.3. The van der Waals surface area contributed by atoms with Crippen LogP contribution in [0.25, 0.3) is 6.08 Å². The molecule has 0 spiro atoms. The first-order valence-electron chi connectivity index (χ1n) is 7.08. The van der Waals surface area contributed by atoms with E-state index in [-0.39, 0.29) is 11.0 Å². The maximum absolute atomic E-state index is 11.9. The van der Waals surface area contributed by atoms with E-state index in [1.165, 1.54) is 6.08 Å². The van der Waals surface area contributed by atoms with Crippen molar-refractivity contribution >= 4 is 35.0 Å². The highest BCUT2D eigenvalue weighted by Gasteiger charge is 2.06. The third kappa shape index (κ3) is 5.23. The smallest absolute Gasteiger partial charge is 0.250 e. The van der Waals surface area contributed by atoms with E-state index in [0.29, 0.717) is 11.4 Å². The predicted octanol–water partition coefficient (Wildman–Crippen LogP) is 3.53. The van der Waals surface area contributed by atoms with Gasteiger partial charge in [-0.3, -0.25) is 10.1 Å². The number of aryl methyl sites for hydroxylation is 1. The number of anilines is 1. The summed E-state index contributed by atoms with van der Waals surface area (Å²) in [6.45, 7) is 1.97. The fraction of sp³-hybridized carbons (Fsp3) is 0.111.